The van der Waals surface area contributed by atoms with Gasteiger partial charge in [0.2, 0.25) is 0 Å². The van der Waals surface area contributed by atoms with Crippen LogP contribution in [0.2, 0.25) is 0 Å². The Kier molecular flexibility index (Phi) is 4.69. The second-order valence-corrected chi connectivity index (χ2v) is 4.67. The van der Waals surface area contributed by atoms with Gasteiger partial charge < -0.3 is 9.67 Å². The molecule has 5 nitrogen and oxygen atoms in total. The monoisotopic (exact) mass is 299 g/mol. The van der Waals surface area contributed by atoms with Crippen LogP contribution in [-0.4, -0.2) is 20.4 Å². The van der Waals surface area contributed by atoms with Gasteiger partial charge >= 0.3 is 0 Å². The number of benzene rings is 1. The molecule has 0 saturated carbocycles. The van der Waals surface area contributed by atoms with Crippen molar-refractivity contribution in [2.24, 2.45) is 12.0 Å². The maximum Gasteiger partial charge on any atom is 0.189 e. The molecule has 0 spiro atoms. The molecule has 1 aromatic heterocycles. The summed E-state index contributed by atoms with van der Waals surface area (Å²) in [6.45, 7) is 0. The van der Waals surface area contributed by atoms with Gasteiger partial charge in [0.05, 0.1) is 6.33 Å². The summed E-state index contributed by atoms with van der Waals surface area (Å²) in [5, 5.41) is 10.1. The van der Waals surface area contributed by atoms with Crippen molar-refractivity contribution in [2.75, 3.05) is 0 Å². The fourth-order valence-corrected chi connectivity index (χ4v) is 1.96. The molecule has 0 aliphatic heterocycles. The molecule has 0 aliphatic carbocycles. The Hall–Kier alpha value is -2.94. The van der Waals surface area contributed by atoms with Crippen LogP contribution >= 0.6 is 0 Å². The van der Waals surface area contributed by atoms with Gasteiger partial charge in [0.1, 0.15) is 5.82 Å². The van der Waals surface area contributed by atoms with Gasteiger partial charge in [0.15, 0.2) is 22.7 Å². The number of nitrogens with zero attached hydrogens (tertiary/aromatic N) is 3. The number of aromatic nitrogens is 2. The molecule has 22 heavy (non-hydrogen) atoms. The Morgan fingerprint density at radius 3 is 2.77 bits per heavy atom. The lowest BCUT2D eigenvalue weighted by Gasteiger charge is -2.06. The molecule has 6 heteroatoms. The van der Waals surface area contributed by atoms with E-state index in [0.717, 1.165) is 5.56 Å². The number of Topliss-reactive ketones (excluding diaryl/α,β-unsaturated/α-hetero) is 1. The SMILES string of the molecule is C#CN=c1c(O)c(C(=O)CCc2ccc(F)cc2)ncn1C. The fraction of sp³-hybridized carbons (Fsp3) is 0.188. The summed E-state index contributed by atoms with van der Waals surface area (Å²) >= 11 is 0. The average Bonchev–Trinajstić information content (AvgIpc) is 2.50. The summed E-state index contributed by atoms with van der Waals surface area (Å²) < 4.78 is 14.2. The van der Waals surface area contributed by atoms with Crippen molar-refractivity contribution in [1.29, 1.82) is 0 Å². The summed E-state index contributed by atoms with van der Waals surface area (Å²) in [6.07, 6.45) is 7.01. The highest BCUT2D eigenvalue weighted by Gasteiger charge is 2.15. The highest BCUT2D eigenvalue weighted by atomic mass is 19.1. The normalized spacial score (nSPS) is 11.2. The predicted octanol–water partition coefficient (Wildman–Crippen LogP) is 1.57. The van der Waals surface area contributed by atoms with Crippen molar-refractivity contribution < 1.29 is 14.3 Å². The number of aromatic hydroxyl groups is 1. The van der Waals surface area contributed by atoms with Crippen molar-refractivity contribution in [3.8, 4) is 18.2 Å². The van der Waals surface area contributed by atoms with Crippen LogP contribution in [0, 0.1) is 18.3 Å². The van der Waals surface area contributed by atoms with Crippen molar-refractivity contribution in [2.45, 2.75) is 12.8 Å². The van der Waals surface area contributed by atoms with Gasteiger partial charge in [-0.25, -0.2) is 9.37 Å². The highest BCUT2D eigenvalue weighted by Crippen LogP contribution is 2.13. The predicted molar refractivity (Wildman–Crippen MR) is 78.3 cm³/mol. The first-order valence-electron chi connectivity index (χ1n) is 6.54. The van der Waals surface area contributed by atoms with Crippen LogP contribution < -0.4 is 5.49 Å². The summed E-state index contributed by atoms with van der Waals surface area (Å²) in [7, 11) is 1.61. The van der Waals surface area contributed by atoms with E-state index in [2.05, 4.69) is 16.0 Å². The second kappa shape index (κ2) is 6.68. The van der Waals surface area contributed by atoms with E-state index in [1.165, 1.54) is 23.0 Å². The van der Waals surface area contributed by atoms with Crippen molar-refractivity contribution in [1.82, 2.24) is 9.55 Å². The lowest BCUT2D eigenvalue weighted by molar-refractivity contribution is 0.0974. The van der Waals surface area contributed by atoms with Gasteiger partial charge in [-0.3, -0.25) is 4.79 Å². The van der Waals surface area contributed by atoms with Crippen molar-refractivity contribution >= 4 is 5.78 Å². The molecule has 2 rings (SSSR count). The van der Waals surface area contributed by atoms with Gasteiger partial charge in [-0.1, -0.05) is 18.6 Å². The van der Waals surface area contributed by atoms with Gasteiger partial charge in [-0.05, 0) is 24.1 Å². The van der Waals surface area contributed by atoms with E-state index in [4.69, 9.17) is 6.42 Å². The minimum absolute atomic E-state index is 0.0748. The van der Waals surface area contributed by atoms with E-state index in [0.29, 0.717) is 6.42 Å². The zero-order chi connectivity index (χ0) is 16.1. The first-order valence-corrected chi connectivity index (χ1v) is 6.54. The number of ketones is 1. The molecule has 0 amide bonds. The van der Waals surface area contributed by atoms with Crippen LogP contribution in [0.3, 0.4) is 0 Å². The van der Waals surface area contributed by atoms with Gasteiger partial charge in [-0.15, -0.1) is 0 Å². The zero-order valence-electron chi connectivity index (χ0n) is 12.0. The van der Waals surface area contributed by atoms with Gasteiger partial charge in [0.25, 0.3) is 0 Å². The number of hydrogen-bond donors (Lipinski definition) is 1. The molecule has 0 aliphatic rings. The fourth-order valence-electron chi connectivity index (χ4n) is 1.96. The van der Waals surface area contributed by atoms with Crippen molar-refractivity contribution in [3.05, 3.63) is 53.2 Å². The molecule has 1 heterocycles. The third-order valence-electron chi connectivity index (χ3n) is 3.12. The lowest BCUT2D eigenvalue weighted by atomic mass is 10.1. The standard InChI is InChI=1S/C16H14FN3O2/c1-3-18-16-15(22)14(19-10-20(16)2)13(21)9-6-11-4-7-12(17)8-5-11/h1,4-5,7-8,10,22H,6,9H2,2H3. The van der Waals surface area contributed by atoms with Crippen LogP contribution in [0.1, 0.15) is 22.5 Å². The molecule has 112 valence electrons. The van der Waals surface area contributed by atoms with E-state index < -0.39 is 0 Å². The second-order valence-electron chi connectivity index (χ2n) is 4.67. The first-order chi connectivity index (χ1) is 10.5. The van der Waals surface area contributed by atoms with Crippen LogP contribution in [0.15, 0.2) is 35.6 Å². The Bertz CT molecular complexity index is 802. The van der Waals surface area contributed by atoms with E-state index in [-0.39, 0.29) is 35.0 Å². The summed E-state index contributed by atoms with van der Waals surface area (Å²) in [5.74, 6) is -1.01. The molecular weight excluding hydrogens is 285 g/mol. The Labute approximate surface area is 126 Å². The number of halogens is 1. The first kappa shape index (κ1) is 15.4. The number of aryl methyl sites for hydroxylation is 2. The Balaban J connectivity index is 2.20. The van der Waals surface area contributed by atoms with Crippen LogP contribution in [0.25, 0.3) is 0 Å². The molecule has 1 aromatic carbocycles. The van der Waals surface area contributed by atoms with E-state index >= 15 is 0 Å². The Morgan fingerprint density at radius 1 is 1.45 bits per heavy atom. The average molecular weight is 299 g/mol. The molecule has 0 atom stereocenters. The minimum atomic E-state index is -0.341. The molecule has 2 aromatic rings. The van der Waals surface area contributed by atoms with Crippen LogP contribution in [0.5, 0.6) is 5.75 Å². The topological polar surface area (TPSA) is 67.5 Å². The highest BCUT2D eigenvalue weighted by molar-refractivity contribution is 5.96. The molecule has 0 bridgehead atoms. The maximum atomic E-state index is 12.8. The summed E-state index contributed by atoms with van der Waals surface area (Å²) in [4.78, 5) is 19.8. The minimum Gasteiger partial charge on any atom is -0.503 e. The molecule has 0 saturated heterocycles. The summed E-state index contributed by atoms with van der Waals surface area (Å²) in [6, 6.07) is 7.96. The van der Waals surface area contributed by atoms with Crippen molar-refractivity contribution in [3.63, 3.8) is 0 Å². The molecule has 1 N–H and O–H groups in total. The van der Waals surface area contributed by atoms with Gasteiger partial charge in [0, 0.05) is 19.5 Å². The van der Waals surface area contributed by atoms with Gasteiger partial charge in [-0.2, -0.15) is 4.99 Å². The van der Waals surface area contributed by atoms with E-state index in [1.54, 1.807) is 19.2 Å². The maximum absolute atomic E-state index is 12.8. The molecule has 0 radical (unpaired) electrons. The number of rotatable bonds is 4. The zero-order valence-corrected chi connectivity index (χ0v) is 12.0. The number of terminal acetylenes is 1. The largest absolute Gasteiger partial charge is 0.503 e. The van der Waals surface area contributed by atoms with E-state index in [1.807, 2.05) is 0 Å². The molecular formula is C16H14FN3O2. The van der Waals surface area contributed by atoms with Crippen LogP contribution in [0.4, 0.5) is 4.39 Å². The smallest absolute Gasteiger partial charge is 0.189 e. The van der Waals surface area contributed by atoms with Crippen LogP contribution in [-0.2, 0) is 13.5 Å². The molecule has 0 unspecified atom stereocenters. The number of carbonyl (C=O) groups is 1. The number of hydrogen-bond acceptors (Lipinski definition) is 4. The van der Waals surface area contributed by atoms with E-state index in [9.17, 15) is 14.3 Å². The molecule has 0 fully saturated rings. The Morgan fingerprint density at radius 2 is 2.14 bits per heavy atom. The quantitative estimate of drug-likeness (QED) is 0.688. The third-order valence-corrected chi connectivity index (χ3v) is 3.12. The lowest BCUT2D eigenvalue weighted by Crippen LogP contribution is -2.21. The number of carbonyl (C=O) groups excluding carboxylic acids is 1. The third kappa shape index (κ3) is 3.38. The summed E-state index contributed by atoms with van der Waals surface area (Å²) in [5.41, 5.74) is 0.848.